The molecule has 0 radical (unpaired) electrons. The minimum Gasteiger partial charge on any atom is -0.405 e. The van der Waals surface area contributed by atoms with E-state index in [4.69, 9.17) is 4.74 Å². The summed E-state index contributed by atoms with van der Waals surface area (Å²) in [7, 11) is 1.46. The first kappa shape index (κ1) is 17.6. The average Bonchev–Trinajstić information content (AvgIpc) is 2.53. The van der Waals surface area contributed by atoms with Crippen LogP contribution in [-0.4, -0.2) is 38.1 Å². The maximum atomic E-state index is 12.4. The summed E-state index contributed by atoms with van der Waals surface area (Å²) in [6.07, 6.45) is -3.75. The van der Waals surface area contributed by atoms with E-state index in [1.54, 1.807) is 6.07 Å². The van der Waals surface area contributed by atoms with Crippen molar-refractivity contribution in [3.63, 3.8) is 0 Å². The lowest BCUT2D eigenvalue weighted by atomic mass is 9.91. The van der Waals surface area contributed by atoms with Gasteiger partial charge in [0, 0.05) is 19.2 Å². The lowest BCUT2D eigenvalue weighted by Crippen LogP contribution is -2.53. The quantitative estimate of drug-likeness (QED) is 0.866. The molecule has 1 fully saturated rings. The first-order chi connectivity index (χ1) is 10.9. The fraction of sp³-hybridized carbons (Fsp3) is 0.533. The summed E-state index contributed by atoms with van der Waals surface area (Å²) in [4.78, 5) is 12.4. The first-order valence-corrected chi connectivity index (χ1v) is 7.24. The Balaban J connectivity index is 2.04. The zero-order chi connectivity index (χ0) is 16.9. The van der Waals surface area contributed by atoms with E-state index in [1.165, 1.54) is 25.3 Å². The Hall–Kier alpha value is -1.80. The first-order valence-electron chi connectivity index (χ1n) is 7.24. The molecule has 1 aromatic rings. The van der Waals surface area contributed by atoms with Crippen LogP contribution in [0.25, 0.3) is 0 Å². The number of alkyl halides is 3. The third kappa shape index (κ3) is 4.59. The third-order valence-corrected chi connectivity index (χ3v) is 3.85. The molecule has 1 heterocycles. The summed E-state index contributed by atoms with van der Waals surface area (Å²) in [6.45, 7) is 1.23. The van der Waals surface area contributed by atoms with Gasteiger partial charge in [0.05, 0.1) is 0 Å². The van der Waals surface area contributed by atoms with Crippen molar-refractivity contribution in [2.45, 2.75) is 31.3 Å². The number of ether oxygens (including phenoxy) is 2. The molecule has 1 aromatic carbocycles. The number of hydrogen-bond donors (Lipinski definition) is 2. The highest BCUT2D eigenvalue weighted by Crippen LogP contribution is 2.27. The molecule has 0 spiro atoms. The molecule has 0 unspecified atom stereocenters. The molecule has 1 aliphatic rings. The third-order valence-electron chi connectivity index (χ3n) is 3.85. The van der Waals surface area contributed by atoms with E-state index >= 15 is 0 Å². The molecule has 2 N–H and O–H groups in total. The molecule has 0 atom stereocenters. The van der Waals surface area contributed by atoms with Crippen LogP contribution < -0.4 is 15.4 Å². The van der Waals surface area contributed by atoms with Crippen molar-refractivity contribution in [3.05, 3.63) is 29.8 Å². The number of halogens is 3. The minimum atomic E-state index is -4.77. The van der Waals surface area contributed by atoms with Crippen molar-refractivity contribution in [1.29, 1.82) is 0 Å². The summed E-state index contributed by atoms with van der Waals surface area (Å²) in [5.74, 6) is -0.652. The van der Waals surface area contributed by atoms with Gasteiger partial charge >= 0.3 is 6.36 Å². The topological polar surface area (TPSA) is 59.6 Å². The van der Waals surface area contributed by atoms with E-state index in [1.807, 2.05) is 0 Å². The zero-order valence-corrected chi connectivity index (χ0v) is 12.7. The lowest BCUT2D eigenvalue weighted by molar-refractivity contribution is -0.274. The van der Waals surface area contributed by atoms with Gasteiger partial charge in [-0.1, -0.05) is 18.2 Å². The molecule has 5 nitrogen and oxygen atoms in total. The fourth-order valence-electron chi connectivity index (χ4n) is 2.57. The van der Waals surface area contributed by atoms with Gasteiger partial charge in [0.2, 0.25) is 0 Å². The number of carbonyl (C=O) groups is 1. The van der Waals surface area contributed by atoms with Gasteiger partial charge in [-0.3, -0.25) is 4.79 Å². The van der Waals surface area contributed by atoms with Crippen LogP contribution in [0.15, 0.2) is 24.3 Å². The number of nitrogens with one attached hydrogen (secondary N) is 2. The Labute approximate surface area is 132 Å². The summed E-state index contributed by atoms with van der Waals surface area (Å²) >= 11 is 0. The van der Waals surface area contributed by atoms with Gasteiger partial charge in [-0.2, -0.15) is 0 Å². The molecule has 128 valence electrons. The molecular formula is C15H19F3N2O3. The summed E-state index contributed by atoms with van der Waals surface area (Å²) in [6, 6.07) is 5.71. The van der Waals surface area contributed by atoms with E-state index < -0.39 is 12.0 Å². The predicted octanol–water partition coefficient (Wildman–Crippen LogP) is 1.97. The van der Waals surface area contributed by atoms with Crippen LogP contribution in [-0.2, 0) is 16.1 Å². The van der Waals surface area contributed by atoms with E-state index in [0.717, 1.165) is 0 Å². The number of methoxy groups -OCH3 is 1. The van der Waals surface area contributed by atoms with Gasteiger partial charge < -0.3 is 20.1 Å². The molecule has 0 bridgehead atoms. The minimum absolute atomic E-state index is 0.0658. The molecule has 2 rings (SSSR count). The molecule has 0 aromatic heterocycles. The number of hydrogen-bond acceptors (Lipinski definition) is 4. The summed E-state index contributed by atoms with van der Waals surface area (Å²) in [5, 5.41) is 5.78. The summed E-state index contributed by atoms with van der Waals surface area (Å²) in [5.41, 5.74) is -0.691. The Morgan fingerprint density at radius 2 is 1.96 bits per heavy atom. The Bertz CT molecular complexity index is 543. The van der Waals surface area contributed by atoms with Gasteiger partial charge in [0.25, 0.3) is 5.91 Å². The largest absolute Gasteiger partial charge is 0.573 e. The van der Waals surface area contributed by atoms with Crippen LogP contribution in [0, 0.1) is 0 Å². The molecule has 0 saturated carbocycles. The zero-order valence-electron chi connectivity index (χ0n) is 12.7. The SMILES string of the molecule is COC1(C(=O)NCc2ccccc2OC(F)(F)F)CCNCC1. The van der Waals surface area contributed by atoms with Gasteiger partial charge in [-0.05, 0) is 32.0 Å². The van der Waals surface area contributed by atoms with Gasteiger partial charge in [0.1, 0.15) is 11.4 Å². The highest BCUT2D eigenvalue weighted by molar-refractivity contribution is 5.85. The number of piperidine rings is 1. The van der Waals surface area contributed by atoms with Crippen LogP contribution in [0.3, 0.4) is 0 Å². The normalized spacial score (nSPS) is 17.6. The van der Waals surface area contributed by atoms with E-state index in [0.29, 0.717) is 25.9 Å². The fourth-order valence-corrected chi connectivity index (χ4v) is 2.57. The van der Waals surface area contributed by atoms with Gasteiger partial charge in [0.15, 0.2) is 0 Å². The molecular weight excluding hydrogens is 313 g/mol. The van der Waals surface area contributed by atoms with Crippen LogP contribution in [0.4, 0.5) is 13.2 Å². The van der Waals surface area contributed by atoms with E-state index in [2.05, 4.69) is 15.4 Å². The number of amides is 1. The molecule has 23 heavy (non-hydrogen) atoms. The average molecular weight is 332 g/mol. The number of benzene rings is 1. The van der Waals surface area contributed by atoms with Gasteiger partial charge in [-0.25, -0.2) is 0 Å². The smallest absolute Gasteiger partial charge is 0.405 e. The van der Waals surface area contributed by atoms with Crippen LogP contribution in [0.5, 0.6) is 5.75 Å². The standard InChI is InChI=1S/C15H19F3N2O3/c1-22-14(6-8-19-9-7-14)13(21)20-10-11-4-2-3-5-12(11)23-15(16,17)18/h2-5,19H,6-10H2,1H3,(H,20,21). The monoisotopic (exact) mass is 332 g/mol. The Morgan fingerprint density at radius 1 is 1.30 bits per heavy atom. The second kappa shape index (κ2) is 7.18. The highest BCUT2D eigenvalue weighted by Gasteiger charge is 2.39. The number of rotatable bonds is 5. The summed E-state index contributed by atoms with van der Waals surface area (Å²) < 4.78 is 46.5. The second-order valence-electron chi connectivity index (χ2n) is 5.29. The molecule has 1 aliphatic heterocycles. The van der Waals surface area contributed by atoms with Crippen LogP contribution >= 0.6 is 0 Å². The molecule has 0 aliphatic carbocycles. The number of para-hydroxylation sites is 1. The van der Waals surface area contributed by atoms with Crippen molar-refractivity contribution < 1.29 is 27.4 Å². The second-order valence-corrected chi connectivity index (χ2v) is 5.29. The van der Waals surface area contributed by atoms with Crippen molar-refractivity contribution in [2.75, 3.05) is 20.2 Å². The Morgan fingerprint density at radius 3 is 2.57 bits per heavy atom. The Kier molecular flexibility index (Phi) is 5.48. The lowest BCUT2D eigenvalue weighted by Gasteiger charge is -2.34. The molecule has 1 saturated heterocycles. The maximum absolute atomic E-state index is 12.4. The van der Waals surface area contributed by atoms with Crippen LogP contribution in [0.1, 0.15) is 18.4 Å². The van der Waals surface area contributed by atoms with Crippen molar-refractivity contribution in [3.8, 4) is 5.75 Å². The van der Waals surface area contributed by atoms with Crippen molar-refractivity contribution in [2.24, 2.45) is 0 Å². The predicted molar refractivity (Wildman–Crippen MR) is 76.8 cm³/mol. The van der Waals surface area contributed by atoms with E-state index in [9.17, 15) is 18.0 Å². The van der Waals surface area contributed by atoms with E-state index in [-0.39, 0.29) is 23.8 Å². The highest BCUT2D eigenvalue weighted by atomic mass is 19.4. The molecule has 1 amide bonds. The molecule has 8 heteroatoms. The van der Waals surface area contributed by atoms with Crippen molar-refractivity contribution in [1.82, 2.24) is 10.6 Å². The van der Waals surface area contributed by atoms with Gasteiger partial charge in [-0.15, -0.1) is 13.2 Å². The van der Waals surface area contributed by atoms with Crippen LogP contribution in [0.2, 0.25) is 0 Å². The van der Waals surface area contributed by atoms with Crippen molar-refractivity contribution >= 4 is 5.91 Å². The maximum Gasteiger partial charge on any atom is 0.573 e. The number of carbonyl (C=O) groups excluding carboxylic acids is 1.